The normalized spacial score (nSPS) is 11.1. The lowest BCUT2D eigenvalue weighted by Crippen LogP contribution is -2.13. The van der Waals surface area contributed by atoms with E-state index in [0.717, 1.165) is 17.0 Å². The fraction of sp³-hybridized carbons (Fsp3) is 0.261. The van der Waals surface area contributed by atoms with E-state index in [2.05, 4.69) is 15.3 Å². The molecular weight excluding hydrogens is 483 g/mol. The van der Waals surface area contributed by atoms with Crippen LogP contribution < -0.4 is 14.8 Å². The highest BCUT2D eigenvalue weighted by Gasteiger charge is 2.19. The minimum absolute atomic E-state index is 0.000186. The summed E-state index contributed by atoms with van der Waals surface area (Å²) in [6, 6.07) is 6.73. The van der Waals surface area contributed by atoms with Gasteiger partial charge in [-0.3, -0.25) is 0 Å². The van der Waals surface area contributed by atoms with Gasteiger partial charge in [-0.15, -0.1) is 11.3 Å². The average Bonchev–Trinajstić information content (AvgIpc) is 3.38. The van der Waals surface area contributed by atoms with Crippen LogP contribution in [0.1, 0.15) is 22.3 Å². The number of aromatic carboxylic acids is 1. The van der Waals surface area contributed by atoms with Crippen LogP contribution in [0.15, 0.2) is 30.6 Å². The molecule has 8 nitrogen and oxygen atoms in total. The SMILES string of the molecule is CCOc1cc(-c2cc(NCCn3c(C)cc4c(OC)cc(Cl)c(F)c43)ncn2)sc1C(=O)O. The summed E-state index contributed by atoms with van der Waals surface area (Å²) < 4.78 is 27.5. The largest absolute Gasteiger partial charge is 0.496 e. The second-order valence-corrected chi connectivity index (χ2v) is 8.79. The van der Waals surface area contributed by atoms with Crippen molar-refractivity contribution in [3.63, 3.8) is 0 Å². The molecule has 11 heteroatoms. The third-order valence-corrected chi connectivity index (χ3v) is 6.62. The predicted molar refractivity (Wildman–Crippen MR) is 130 cm³/mol. The Hall–Kier alpha value is -3.37. The maximum Gasteiger partial charge on any atom is 0.349 e. The topological polar surface area (TPSA) is 98.5 Å². The summed E-state index contributed by atoms with van der Waals surface area (Å²) >= 11 is 7.15. The molecule has 0 atom stereocenters. The van der Waals surface area contributed by atoms with Gasteiger partial charge in [-0.2, -0.15) is 0 Å². The highest BCUT2D eigenvalue weighted by Crippen LogP contribution is 2.37. The Labute approximate surface area is 203 Å². The molecule has 0 amide bonds. The first-order valence-corrected chi connectivity index (χ1v) is 11.6. The van der Waals surface area contributed by atoms with E-state index < -0.39 is 11.8 Å². The van der Waals surface area contributed by atoms with Crippen molar-refractivity contribution < 1.29 is 23.8 Å². The molecule has 178 valence electrons. The molecule has 3 aromatic heterocycles. The lowest BCUT2D eigenvalue weighted by molar-refractivity contribution is 0.0698. The van der Waals surface area contributed by atoms with Crippen LogP contribution in [0.4, 0.5) is 10.2 Å². The van der Waals surface area contributed by atoms with Crippen LogP contribution in [0.3, 0.4) is 0 Å². The zero-order valence-electron chi connectivity index (χ0n) is 18.7. The number of halogens is 2. The van der Waals surface area contributed by atoms with E-state index in [9.17, 15) is 14.3 Å². The third-order valence-electron chi connectivity index (χ3n) is 5.22. The van der Waals surface area contributed by atoms with Gasteiger partial charge >= 0.3 is 5.97 Å². The zero-order chi connectivity index (χ0) is 24.4. The number of hydrogen-bond donors (Lipinski definition) is 2. The van der Waals surface area contributed by atoms with Gasteiger partial charge in [-0.05, 0) is 19.9 Å². The fourth-order valence-corrected chi connectivity index (χ4v) is 4.82. The van der Waals surface area contributed by atoms with E-state index in [-0.39, 0.29) is 9.90 Å². The summed E-state index contributed by atoms with van der Waals surface area (Å²) in [5.41, 5.74) is 1.82. The van der Waals surface area contributed by atoms with E-state index in [0.29, 0.717) is 58.5 Å². The van der Waals surface area contributed by atoms with Crippen molar-refractivity contribution in [2.45, 2.75) is 20.4 Å². The number of carboxylic acids is 1. The minimum Gasteiger partial charge on any atom is -0.496 e. The predicted octanol–water partition coefficient (Wildman–Crippen LogP) is 5.48. The van der Waals surface area contributed by atoms with Crippen molar-refractivity contribution in [3.05, 3.63) is 52.0 Å². The number of methoxy groups -OCH3 is 1. The molecule has 2 N–H and O–H groups in total. The van der Waals surface area contributed by atoms with Gasteiger partial charge in [0.1, 0.15) is 23.6 Å². The van der Waals surface area contributed by atoms with Crippen molar-refractivity contribution in [1.29, 1.82) is 0 Å². The number of fused-ring (bicyclic) bond motifs is 1. The Kier molecular flexibility index (Phi) is 6.90. The van der Waals surface area contributed by atoms with Gasteiger partial charge < -0.3 is 24.5 Å². The maximum atomic E-state index is 14.8. The first-order chi connectivity index (χ1) is 16.3. The number of carbonyl (C=O) groups is 1. The summed E-state index contributed by atoms with van der Waals surface area (Å²) in [7, 11) is 1.52. The molecule has 0 aliphatic rings. The molecule has 4 aromatic rings. The smallest absolute Gasteiger partial charge is 0.349 e. The Balaban J connectivity index is 1.54. The summed E-state index contributed by atoms with van der Waals surface area (Å²) in [4.78, 5) is 20.8. The van der Waals surface area contributed by atoms with Gasteiger partial charge in [0.05, 0.1) is 34.8 Å². The fourth-order valence-electron chi connectivity index (χ4n) is 3.72. The molecule has 1 aromatic carbocycles. The number of thiophene rings is 1. The van der Waals surface area contributed by atoms with Gasteiger partial charge in [0.25, 0.3) is 0 Å². The highest BCUT2D eigenvalue weighted by atomic mass is 35.5. The average molecular weight is 505 g/mol. The summed E-state index contributed by atoms with van der Waals surface area (Å²) in [6.07, 6.45) is 1.40. The monoisotopic (exact) mass is 504 g/mol. The number of carboxylic acid groups (broad SMARTS) is 1. The van der Waals surface area contributed by atoms with Crippen molar-refractivity contribution in [1.82, 2.24) is 14.5 Å². The molecule has 34 heavy (non-hydrogen) atoms. The highest BCUT2D eigenvalue weighted by molar-refractivity contribution is 7.17. The van der Waals surface area contributed by atoms with Crippen molar-refractivity contribution in [3.8, 4) is 22.1 Å². The van der Waals surface area contributed by atoms with E-state index in [4.69, 9.17) is 21.1 Å². The first kappa shape index (κ1) is 23.8. The van der Waals surface area contributed by atoms with E-state index in [1.807, 2.05) is 17.6 Å². The Morgan fingerprint density at radius 2 is 2.06 bits per heavy atom. The van der Waals surface area contributed by atoms with Crippen molar-refractivity contribution in [2.75, 3.05) is 25.6 Å². The Morgan fingerprint density at radius 3 is 2.76 bits per heavy atom. The molecular formula is C23H22ClFN4O4S. The standard InChI is InChI=1S/C23H22ClFN4O4S/c1-4-33-17-10-18(34-22(17)23(30)31)15-9-19(28-11-27-15)26-5-6-29-12(2)7-13-16(32-3)8-14(24)20(25)21(13)29/h7-11H,4-6H2,1-3H3,(H,30,31)(H,26,27,28). The second kappa shape index (κ2) is 9.86. The Bertz CT molecular complexity index is 1370. The quantitative estimate of drug-likeness (QED) is 0.311. The van der Waals surface area contributed by atoms with E-state index >= 15 is 0 Å². The third kappa shape index (κ3) is 4.51. The lowest BCUT2D eigenvalue weighted by atomic mass is 10.2. The zero-order valence-corrected chi connectivity index (χ0v) is 20.3. The summed E-state index contributed by atoms with van der Waals surface area (Å²) in [5, 5.41) is 13.3. The summed E-state index contributed by atoms with van der Waals surface area (Å²) in [6.45, 7) is 4.94. The molecule has 0 fully saturated rings. The van der Waals surface area contributed by atoms with Crippen LogP contribution in [-0.4, -0.2) is 45.9 Å². The number of ether oxygens (including phenoxy) is 2. The van der Waals surface area contributed by atoms with Gasteiger partial charge in [0, 0.05) is 42.4 Å². The van der Waals surface area contributed by atoms with Gasteiger partial charge in [-0.1, -0.05) is 11.6 Å². The van der Waals surface area contributed by atoms with E-state index in [1.165, 1.54) is 19.5 Å². The first-order valence-electron chi connectivity index (χ1n) is 10.4. The van der Waals surface area contributed by atoms with Gasteiger partial charge in [-0.25, -0.2) is 19.2 Å². The maximum absolute atomic E-state index is 14.8. The van der Waals surface area contributed by atoms with Crippen molar-refractivity contribution >= 4 is 45.6 Å². The van der Waals surface area contributed by atoms with Crippen LogP contribution in [0.25, 0.3) is 21.5 Å². The molecule has 0 aliphatic heterocycles. The van der Waals surface area contributed by atoms with Crippen LogP contribution in [0, 0.1) is 12.7 Å². The molecule has 0 unspecified atom stereocenters. The lowest BCUT2D eigenvalue weighted by Gasteiger charge is -2.12. The number of nitrogens with one attached hydrogen (secondary N) is 1. The Morgan fingerprint density at radius 1 is 1.26 bits per heavy atom. The number of anilines is 1. The number of benzene rings is 1. The molecule has 3 heterocycles. The van der Waals surface area contributed by atoms with Crippen LogP contribution in [-0.2, 0) is 6.54 Å². The van der Waals surface area contributed by atoms with Crippen LogP contribution >= 0.6 is 22.9 Å². The van der Waals surface area contributed by atoms with Crippen molar-refractivity contribution in [2.24, 2.45) is 0 Å². The number of nitrogens with zero attached hydrogens (tertiary/aromatic N) is 3. The molecule has 0 saturated heterocycles. The van der Waals surface area contributed by atoms with E-state index in [1.54, 1.807) is 19.1 Å². The summed E-state index contributed by atoms with van der Waals surface area (Å²) in [5.74, 6) is -0.162. The van der Waals surface area contributed by atoms with Gasteiger partial charge in [0.2, 0.25) is 0 Å². The van der Waals surface area contributed by atoms with Crippen LogP contribution in [0.5, 0.6) is 11.5 Å². The second-order valence-electron chi connectivity index (χ2n) is 7.33. The van der Waals surface area contributed by atoms with Gasteiger partial charge in [0.15, 0.2) is 10.7 Å². The molecule has 0 bridgehead atoms. The number of rotatable bonds is 9. The number of aromatic nitrogens is 3. The molecule has 0 radical (unpaired) electrons. The minimum atomic E-state index is -1.05. The number of aryl methyl sites for hydroxylation is 1. The molecule has 0 saturated carbocycles. The molecule has 0 aliphatic carbocycles. The molecule has 4 rings (SSSR count). The van der Waals surface area contributed by atoms with Crippen LogP contribution in [0.2, 0.25) is 5.02 Å². The molecule has 0 spiro atoms. The number of hydrogen-bond acceptors (Lipinski definition) is 7.